The Hall–Kier alpha value is -2.11. The molecular weight excluding hydrogens is 478 g/mol. The zero-order chi connectivity index (χ0) is 23.2. The van der Waals surface area contributed by atoms with Gasteiger partial charge < -0.3 is 9.80 Å². The number of hydrogen-bond donors (Lipinski definition) is 0. The number of piperazine rings is 1. The number of sulfone groups is 1. The number of amides is 1. The fourth-order valence-corrected chi connectivity index (χ4v) is 8.41. The second-order valence-electron chi connectivity index (χ2n) is 8.62. The second-order valence-corrected chi connectivity index (χ2v) is 13.1. The summed E-state index contributed by atoms with van der Waals surface area (Å²) in [6.07, 6.45) is 0.623. The Labute approximate surface area is 201 Å². The molecule has 5 rings (SSSR count). The van der Waals surface area contributed by atoms with Crippen molar-refractivity contribution in [1.29, 1.82) is 0 Å². The van der Waals surface area contributed by atoms with E-state index >= 15 is 0 Å². The van der Waals surface area contributed by atoms with Gasteiger partial charge in [-0.2, -0.15) is 5.10 Å². The number of rotatable bonds is 5. The van der Waals surface area contributed by atoms with E-state index in [1.165, 1.54) is 11.8 Å². The van der Waals surface area contributed by atoms with Crippen molar-refractivity contribution in [1.82, 2.24) is 19.7 Å². The third-order valence-corrected chi connectivity index (χ3v) is 10.3. The summed E-state index contributed by atoms with van der Waals surface area (Å²) in [7, 11) is -2.96. The summed E-state index contributed by atoms with van der Waals surface area (Å²) in [5.74, 6) is 0.940. The summed E-state index contributed by atoms with van der Waals surface area (Å²) in [6.45, 7) is 6.82. The number of carbonyl (C=O) groups excluding carboxylic acids is 1. The maximum absolute atomic E-state index is 12.8. The summed E-state index contributed by atoms with van der Waals surface area (Å²) in [6, 6.07) is 7.95. The molecule has 1 aromatic carbocycles. The number of thioether (sulfide) groups is 1. The van der Waals surface area contributed by atoms with Crippen molar-refractivity contribution in [2.75, 3.05) is 48.3 Å². The highest BCUT2D eigenvalue weighted by Gasteiger charge is 2.33. The normalized spacial score (nSPS) is 20.6. The number of para-hydroxylation sites is 1. The number of carbonyl (C=O) groups is 1. The fraction of sp³-hybridized carbons (Fsp3) is 0.500. The fourth-order valence-electron chi connectivity index (χ4n) is 4.74. The van der Waals surface area contributed by atoms with Crippen molar-refractivity contribution >= 4 is 54.7 Å². The minimum absolute atomic E-state index is 0.0788. The van der Waals surface area contributed by atoms with Gasteiger partial charge in [0.15, 0.2) is 14.2 Å². The van der Waals surface area contributed by atoms with E-state index in [0.29, 0.717) is 25.3 Å². The van der Waals surface area contributed by atoms with E-state index in [1.807, 2.05) is 41.6 Å². The Morgan fingerprint density at radius 1 is 1.18 bits per heavy atom. The number of anilines is 1. The average molecular weight is 506 g/mol. The third kappa shape index (κ3) is 4.63. The zero-order valence-corrected chi connectivity index (χ0v) is 21.2. The molecule has 1 atom stereocenters. The van der Waals surface area contributed by atoms with Crippen molar-refractivity contribution in [3.63, 3.8) is 0 Å². The summed E-state index contributed by atoms with van der Waals surface area (Å²) < 4.78 is 27.8. The van der Waals surface area contributed by atoms with Crippen molar-refractivity contribution in [3.05, 3.63) is 35.7 Å². The van der Waals surface area contributed by atoms with E-state index < -0.39 is 9.84 Å². The van der Waals surface area contributed by atoms with Gasteiger partial charge in [-0.1, -0.05) is 23.9 Å². The third-order valence-electron chi connectivity index (χ3n) is 6.38. The standard InChI is InChI=1S/C22H27N5O3S3/c1-15-21(16(2)27(24-15)17-7-12-33(29,30)14-17)26-10-8-25(9-11-26)20(28)13-31-22-23-18-5-3-4-6-19(18)32-22/h3-6,17H,7-14H2,1-2H3. The van der Waals surface area contributed by atoms with Gasteiger partial charge in [0, 0.05) is 26.2 Å². The predicted octanol–water partition coefficient (Wildman–Crippen LogP) is 2.91. The van der Waals surface area contributed by atoms with Gasteiger partial charge in [-0.15, -0.1) is 11.3 Å². The van der Waals surface area contributed by atoms with Crippen LogP contribution in [0.15, 0.2) is 28.6 Å². The maximum atomic E-state index is 12.8. The summed E-state index contributed by atoms with van der Waals surface area (Å²) >= 11 is 3.13. The molecule has 11 heteroatoms. The van der Waals surface area contributed by atoms with Gasteiger partial charge in [-0.05, 0) is 32.4 Å². The molecule has 1 amide bonds. The molecule has 33 heavy (non-hydrogen) atoms. The lowest BCUT2D eigenvalue weighted by molar-refractivity contribution is -0.128. The monoisotopic (exact) mass is 505 g/mol. The van der Waals surface area contributed by atoms with Crippen LogP contribution >= 0.6 is 23.1 Å². The Balaban J connectivity index is 1.19. The molecule has 0 saturated carbocycles. The molecule has 8 nitrogen and oxygen atoms in total. The van der Waals surface area contributed by atoms with Crippen LogP contribution in [0.4, 0.5) is 5.69 Å². The van der Waals surface area contributed by atoms with Crippen molar-refractivity contribution in [2.45, 2.75) is 30.6 Å². The average Bonchev–Trinajstić information content (AvgIpc) is 3.46. The molecule has 2 saturated heterocycles. The van der Waals surface area contributed by atoms with Crippen LogP contribution in [0.3, 0.4) is 0 Å². The summed E-state index contributed by atoms with van der Waals surface area (Å²) in [5.41, 5.74) is 3.99. The van der Waals surface area contributed by atoms with E-state index in [-0.39, 0.29) is 23.5 Å². The van der Waals surface area contributed by atoms with E-state index in [4.69, 9.17) is 0 Å². The molecule has 2 aliphatic heterocycles. The molecule has 0 bridgehead atoms. The topological polar surface area (TPSA) is 88.4 Å². The molecule has 2 fully saturated rings. The Kier molecular flexibility index (Phi) is 6.13. The molecule has 4 heterocycles. The highest BCUT2D eigenvalue weighted by molar-refractivity contribution is 8.01. The van der Waals surface area contributed by atoms with E-state index in [9.17, 15) is 13.2 Å². The Bertz CT molecular complexity index is 1260. The first-order valence-corrected chi connectivity index (χ1v) is 14.7. The number of aryl methyl sites for hydroxylation is 1. The van der Waals surface area contributed by atoms with Crippen LogP contribution < -0.4 is 4.90 Å². The summed E-state index contributed by atoms with van der Waals surface area (Å²) in [5, 5.41) is 4.69. The van der Waals surface area contributed by atoms with Crippen LogP contribution in [0.2, 0.25) is 0 Å². The van der Waals surface area contributed by atoms with Gasteiger partial charge in [0.2, 0.25) is 5.91 Å². The Morgan fingerprint density at radius 3 is 2.64 bits per heavy atom. The summed E-state index contributed by atoms with van der Waals surface area (Å²) in [4.78, 5) is 21.6. The van der Waals surface area contributed by atoms with Crippen molar-refractivity contribution in [3.8, 4) is 0 Å². The van der Waals surface area contributed by atoms with Crippen molar-refractivity contribution in [2.24, 2.45) is 0 Å². The van der Waals surface area contributed by atoms with Crippen LogP contribution in [-0.4, -0.2) is 77.4 Å². The highest BCUT2D eigenvalue weighted by atomic mass is 32.2. The lowest BCUT2D eigenvalue weighted by Crippen LogP contribution is -2.49. The van der Waals surface area contributed by atoms with Crippen LogP contribution in [0.1, 0.15) is 23.9 Å². The maximum Gasteiger partial charge on any atom is 0.233 e. The van der Waals surface area contributed by atoms with E-state index in [0.717, 1.165) is 44.7 Å². The first kappa shape index (κ1) is 22.7. The van der Waals surface area contributed by atoms with Gasteiger partial charge in [-0.25, -0.2) is 13.4 Å². The largest absolute Gasteiger partial charge is 0.365 e. The molecule has 2 aliphatic rings. The van der Waals surface area contributed by atoms with E-state index in [1.54, 1.807) is 11.3 Å². The van der Waals surface area contributed by atoms with Crippen molar-refractivity contribution < 1.29 is 13.2 Å². The number of benzene rings is 1. The Morgan fingerprint density at radius 2 is 1.94 bits per heavy atom. The number of hydrogen-bond acceptors (Lipinski definition) is 8. The molecule has 0 N–H and O–H groups in total. The minimum atomic E-state index is -2.96. The lowest BCUT2D eigenvalue weighted by atomic mass is 10.2. The predicted molar refractivity (Wildman–Crippen MR) is 133 cm³/mol. The van der Waals surface area contributed by atoms with Crippen LogP contribution in [0.25, 0.3) is 10.2 Å². The zero-order valence-electron chi connectivity index (χ0n) is 18.7. The minimum Gasteiger partial charge on any atom is -0.365 e. The number of nitrogens with zero attached hydrogens (tertiary/aromatic N) is 5. The first-order valence-electron chi connectivity index (χ1n) is 11.1. The van der Waals surface area contributed by atoms with Crippen LogP contribution in [-0.2, 0) is 14.6 Å². The molecule has 0 aliphatic carbocycles. The molecule has 0 radical (unpaired) electrons. The SMILES string of the molecule is Cc1nn(C2CCS(=O)(=O)C2)c(C)c1N1CCN(C(=O)CSc2nc3ccccc3s2)CC1. The number of aromatic nitrogens is 3. The smallest absolute Gasteiger partial charge is 0.233 e. The molecule has 176 valence electrons. The van der Waals surface area contributed by atoms with Crippen LogP contribution in [0.5, 0.6) is 0 Å². The molecule has 0 spiro atoms. The van der Waals surface area contributed by atoms with Gasteiger partial charge in [0.25, 0.3) is 0 Å². The van der Waals surface area contributed by atoms with E-state index in [2.05, 4.69) is 21.0 Å². The second kappa shape index (κ2) is 8.92. The number of fused-ring (bicyclic) bond motifs is 1. The van der Waals surface area contributed by atoms with Gasteiger partial charge in [0.1, 0.15) is 0 Å². The highest BCUT2D eigenvalue weighted by Crippen LogP contribution is 2.32. The van der Waals surface area contributed by atoms with Gasteiger partial charge in [0.05, 0.1) is 50.6 Å². The number of thiazole rings is 1. The molecule has 1 unspecified atom stereocenters. The molecule has 3 aromatic rings. The first-order chi connectivity index (χ1) is 15.8. The lowest BCUT2D eigenvalue weighted by Gasteiger charge is -2.36. The molecule has 2 aromatic heterocycles. The molecular formula is C22H27N5O3S3. The quantitative estimate of drug-likeness (QED) is 0.493. The van der Waals surface area contributed by atoms with Crippen LogP contribution in [0, 0.1) is 13.8 Å². The van der Waals surface area contributed by atoms with Gasteiger partial charge >= 0.3 is 0 Å². The van der Waals surface area contributed by atoms with Gasteiger partial charge in [-0.3, -0.25) is 9.48 Å².